The van der Waals surface area contributed by atoms with Crippen LogP contribution in [-0.2, 0) is 0 Å². The average Bonchev–Trinajstić information content (AvgIpc) is 2.33. The van der Waals surface area contributed by atoms with E-state index in [-0.39, 0.29) is 0 Å². The highest BCUT2D eigenvalue weighted by Crippen LogP contribution is 2.23. The molecule has 0 aliphatic heterocycles. The number of nitriles is 1. The molecule has 0 aliphatic carbocycles. The molecule has 2 rings (SSSR count). The van der Waals surface area contributed by atoms with Crippen LogP contribution in [0.25, 0.3) is 0 Å². The number of rotatable bonds is 2. The summed E-state index contributed by atoms with van der Waals surface area (Å²) in [5.74, 6) is 1.19. The molecule has 2 N–H and O–H groups in total. The van der Waals surface area contributed by atoms with Crippen molar-refractivity contribution in [1.82, 2.24) is 4.98 Å². The number of pyridine rings is 1. The van der Waals surface area contributed by atoms with Gasteiger partial charge in [0.2, 0.25) is 0 Å². The summed E-state index contributed by atoms with van der Waals surface area (Å²) < 4.78 is 5.51. The van der Waals surface area contributed by atoms with E-state index in [1.165, 1.54) is 0 Å². The third-order valence-corrected chi connectivity index (χ3v) is 2.02. The van der Waals surface area contributed by atoms with Crippen LogP contribution in [0.1, 0.15) is 5.56 Å². The van der Waals surface area contributed by atoms with E-state index >= 15 is 0 Å². The van der Waals surface area contributed by atoms with E-state index in [4.69, 9.17) is 15.7 Å². The van der Waals surface area contributed by atoms with Gasteiger partial charge < -0.3 is 10.5 Å². The zero-order chi connectivity index (χ0) is 11.4. The standard InChI is InChI=1S/C12H9N3O/c13-7-9-6-10(3-4-12(9)14)16-11-2-1-5-15-8-11/h1-6,8H,14H2. The van der Waals surface area contributed by atoms with Crippen molar-refractivity contribution in [2.75, 3.05) is 5.73 Å². The Morgan fingerprint density at radius 1 is 1.25 bits per heavy atom. The van der Waals surface area contributed by atoms with Gasteiger partial charge in [0, 0.05) is 18.0 Å². The summed E-state index contributed by atoms with van der Waals surface area (Å²) in [6.07, 6.45) is 3.26. The van der Waals surface area contributed by atoms with E-state index < -0.39 is 0 Å². The molecule has 1 heterocycles. The van der Waals surface area contributed by atoms with Gasteiger partial charge in [-0.25, -0.2) is 0 Å². The molecule has 1 aromatic heterocycles. The molecule has 0 unspecified atom stereocenters. The highest BCUT2D eigenvalue weighted by molar-refractivity contribution is 5.57. The van der Waals surface area contributed by atoms with Gasteiger partial charge in [0.05, 0.1) is 11.8 Å². The maximum Gasteiger partial charge on any atom is 0.145 e. The lowest BCUT2D eigenvalue weighted by Crippen LogP contribution is -1.91. The zero-order valence-electron chi connectivity index (χ0n) is 8.42. The van der Waals surface area contributed by atoms with Crippen molar-refractivity contribution >= 4 is 5.69 Å². The third-order valence-electron chi connectivity index (χ3n) is 2.02. The topological polar surface area (TPSA) is 71.9 Å². The molecule has 0 radical (unpaired) electrons. The van der Waals surface area contributed by atoms with Crippen LogP contribution in [0.2, 0.25) is 0 Å². The first kappa shape index (κ1) is 9.99. The van der Waals surface area contributed by atoms with E-state index in [1.54, 1.807) is 42.7 Å². The summed E-state index contributed by atoms with van der Waals surface area (Å²) >= 11 is 0. The molecule has 0 saturated carbocycles. The number of nitrogen functional groups attached to an aromatic ring is 1. The molecule has 4 nitrogen and oxygen atoms in total. The first-order chi connectivity index (χ1) is 7.79. The zero-order valence-corrected chi connectivity index (χ0v) is 8.42. The highest BCUT2D eigenvalue weighted by atomic mass is 16.5. The van der Waals surface area contributed by atoms with Gasteiger partial charge in [-0.15, -0.1) is 0 Å². The predicted molar refractivity (Wildman–Crippen MR) is 59.9 cm³/mol. The van der Waals surface area contributed by atoms with Crippen molar-refractivity contribution in [2.24, 2.45) is 0 Å². The number of benzene rings is 1. The number of anilines is 1. The van der Waals surface area contributed by atoms with Crippen molar-refractivity contribution in [3.05, 3.63) is 48.3 Å². The number of nitrogens with two attached hydrogens (primary N) is 1. The third kappa shape index (κ3) is 2.10. The second-order valence-electron chi connectivity index (χ2n) is 3.15. The summed E-state index contributed by atoms with van der Waals surface area (Å²) in [4.78, 5) is 3.93. The van der Waals surface area contributed by atoms with Gasteiger partial charge in [-0.05, 0) is 24.3 Å². The lowest BCUT2D eigenvalue weighted by Gasteiger charge is -2.05. The van der Waals surface area contributed by atoms with Crippen LogP contribution < -0.4 is 10.5 Å². The first-order valence-electron chi connectivity index (χ1n) is 4.67. The maximum absolute atomic E-state index is 8.81. The van der Waals surface area contributed by atoms with Crippen LogP contribution in [0.15, 0.2) is 42.7 Å². The van der Waals surface area contributed by atoms with Crippen LogP contribution >= 0.6 is 0 Å². The fourth-order valence-electron chi connectivity index (χ4n) is 1.24. The van der Waals surface area contributed by atoms with Crippen molar-refractivity contribution in [1.29, 1.82) is 5.26 Å². The molecule has 0 spiro atoms. The Hall–Kier alpha value is -2.54. The molecular formula is C12H9N3O. The molecule has 0 fully saturated rings. The number of ether oxygens (including phenoxy) is 1. The molecule has 0 amide bonds. The second kappa shape index (κ2) is 4.32. The fourth-order valence-corrected chi connectivity index (χ4v) is 1.24. The Balaban J connectivity index is 2.27. The minimum Gasteiger partial charge on any atom is -0.456 e. The van der Waals surface area contributed by atoms with Crippen LogP contribution in [0, 0.1) is 11.3 Å². The molecular weight excluding hydrogens is 202 g/mol. The maximum atomic E-state index is 8.81. The van der Waals surface area contributed by atoms with Crippen LogP contribution in [-0.4, -0.2) is 4.98 Å². The average molecular weight is 211 g/mol. The van der Waals surface area contributed by atoms with Gasteiger partial charge in [0.1, 0.15) is 17.6 Å². The summed E-state index contributed by atoms with van der Waals surface area (Å²) in [6, 6.07) is 10.5. The molecule has 78 valence electrons. The Morgan fingerprint density at radius 3 is 2.81 bits per heavy atom. The molecule has 0 bridgehead atoms. The van der Waals surface area contributed by atoms with Crippen LogP contribution in [0.3, 0.4) is 0 Å². The minimum absolute atomic E-state index is 0.404. The number of hydrogen-bond donors (Lipinski definition) is 1. The van der Waals surface area contributed by atoms with Gasteiger partial charge in [-0.1, -0.05) is 0 Å². The van der Waals surface area contributed by atoms with Crippen molar-refractivity contribution in [3.8, 4) is 17.6 Å². The number of nitrogens with zero attached hydrogens (tertiary/aromatic N) is 2. The molecule has 16 heavy (non-hydrogen) atoms. The van der Waals surface area contributed by atoms with Crippen LogP contribution in [0.4, 0.5) is 5.69 Å². The fraction of sp³-hybridized carbons (Fsp3) is 0. The molecule has 0 aliphatic rings. The molecule has 0 saturated heterocycles. The molecule has 0 atom stereocenters. The lowest BCUT2D eigenvalue weighted by atomic mass is 10.2. The molecule has 1 aromatic carbocycles. The SMILES string of the molecule is N#Cc1cc(Oc2cccnc2)ccc1N. The van der Waals surface area contributed by atoms with E-state index in [0.717, 1.165) is 0 Å². The number of aromatic nitrogens is 1. The van der Waals surface area contributed by atoms with Gasteiger partial charge in [0.15, 0.2) is 0 Å². The Bertz CT molecular complexity index is 532. The summed E-state index contributed by atoms with van der Waals surface area (Å²) in [5.41, 5.74) is 6.45. The van der Waals surface area contributed by atoms with Crippen molar-refractivity contribution in [3.63, 3.8) is 0 Å². The van der Waals surface area contributed by atoms with E-state index in [0.29, 0.717) is 22.7 Å². The molecule has 4 heteroatoms. The Labute approximate surface area is 92.9 Å². The van der Waals surface area contributed by atoms with Crippen molar-refractivity contribution < 1.29 is 4.74 Å². The number of hydrogen-bond acceptors (Lipinski definition) is 4. The highest BCUT2D eigenvalue weighted by Gasteiger charge is 2.02. The predicted octanol–water partition coefficient (Wildman–Crippen LogP) is 2.33. The lowest BCUT2D eigenvalue weighted by molar-refractivity contribution is 0.480. The van der Waals surface area contributed by atoms with E-state index in [1.807, 2.05) is 6.07 Å². The van der Waals surface area contributed by atoms with Crippen molar-refractivity contribution in [2.45, 2.75) is 0 Å². The van der Waals surface area contributed by atoms with Gasteiger partial charge in [0.25, 0.3) is 0 Å². The Morgan fingerprint density at radius 2 is 2.12 bits per heavy atom. The monoisotopic (exact) mass is 211 g/mol. The van der Waals surface area contributed by atoms with E-state index in [2.05, 4.69) is 4.98 Å². The van der Waals surface area contributed by atoms with E-state index in [9.17, 15) is 0 Å². The summed E-state index contributed by atoms with van der Waals surface area (Å²) in [6.45, 7) is 0. The first-order valence-corrected chi connectivity index (χ1v) is 4.67. The summed E-state index contributed by atoms with van der Waals surface area (Å²) in [7, 11) is 0. The quantitative estimate of drug-likeness (QED) is 0.774. The van der Waals surface area contributed by atoms with Gasteiger partial charge >= 0.3 is 0 Å². The molecule has 2 aromatic rings. The summed E-state index contributed by atoms with van der Waals surface area (Å²) in [5, 5.41) is 8.81. The largest absolute Gasteiger partial charge is 0.456 e. The smallest absolute Gasteiger partial charge is 0.145 e. The normalized spacial score (nSPS) is 9.44. The minimum atomic E-state index is 0.404. The second-order valence-corrected chi connectivity index (χ2v) is 3.15. The Kier molecular flexibility index (Phi) is 2.70. The van der Waals surface area contributed by atoms with Gasteiger partial charge in [-0.2, -0.15) is 5.26 Å². The van der Waals surface area contributed by atoms with Gasteiger partial charge in [-0.3, -0.25) is 4.98 Å². The van der Waals surface area contributed by atoms with Crippen LogP contribution in [0.5, 0.6) is 11.5 Å².